The number of hydrogen-bond donors (Lipinski definition) is 0. The number of ether oxygens (including phenoxy) is 1. The molecule has 0 spiro atoms. The van der Waals surface area contributed by atoms with Crippen molar-refractivity contribution in [3.63, 3.8) is 0 Å². The van der Waals surface area contributed by atoms with Gasteiger partial charge in [0.15, 0.2) is 5.65 Å². The van der Waals surface area contributed by atoms with Crippen molar-refractivity contribution in [2.24, 2.45) is 0 Å². The molecule has 3 heterocycles. The fourth-order valence-corrected chi connectivity index (χ4v) is 3.63. The highest BCUT2D eigenvalue weighted by atomic mass is 16.5. The molecule has 4 rings (SSSR count). The summed E-state index contributed by atoms with van der Waals surface area (Å²) in [6.45, 7) is 3.83. The Bertz CT molecular complexity index is 1050. The summed E-state index contributed by atoms with van der Waals surface area (Å²) in [5, 5.41) is 4.37. The molecule has 0 bridgehead atoms. The Morgan fingerprint density at radius 2 is 1.86 bits per heavy atom. The largest absolute Gasteiger partial charge is 0.497 e. The number of aromatic nitrogens is 3. The molecule has 1 aliphatic rings. The summed E-state index contributed by atoms with van der Waals surface area (Å²) < 4.78 is 6.84. The highest BCUT2D eigenvalue weighted by Crippen LogP contribution is 2.18. The molecule has 150 valence electrons. The van der Waals surface area contributed by atoms with Crippen LogP contribution >= 0.6 is 0 Å². The maximum atomic E-state index is 13.0. The third-order valence-electron chi connectivity index (χ3n) is 5.19. The molecule has 0 N–H and O–H groups in total. The van der Waals surface area contributed by atoms with E-state index in [4.69, 9.17) is 4.74 Å². The van der Waals surface area contributed by atoms with Crippen molar-refractivity contribution in [2.75, 3.05) is 33.3 Å². The first-order valence-electron chi connectivity index (χ1n) is 9.57. The van der Waals surface area contributed by atoms with Crippen LogP contribution in [-0.4, -0.2) is 69.5 Å². The van der Waals surface area contributed by atoms with E-state index < -0.39 is 0 Å². The van der Waals surface area contributed by atoms with Gasteiger partial charge in [0.2, 0.25) is 5.91 Å². The van der Waals surface area contributed by atoms with Gasteiger partial charge in [-0.25, -0.2) is 9.50 Å². The molecule has 29 heavy (non-hydrogen) atoms. The normalized spacial score (nSPS) is 14.3. The van der Waals surface area contributed by atoms with E-state index in [-0.39, 0.29) is 11.8 Å². The number of aryl methyl sites for hydroxylation is 1. The molecule has 0 radical (unpaired) electrons. The Balaban J connectivity index is 1.40. The number of piperazine rings is 1. The minimum absolute atomic E-state index is 0.0548. The summed E-state index contributed by atoms with van der Waals surface area (Å²) in [4.78, 5) is 33.6. The van der Waals surface area contributed by atoms with Gasteiger partial charge in [-0.05, 0) is 30.7 Å². The van der Waals surface area contributed by atoms with E-state index in [1.165, 1.54) is 0 Å². The zero-order valence-electron chi connectivity index (χ0n) is 16.5. The van der Waals surface area contributed by atoms with Crippen LogP contribution in [0.2, 0.25) is 0 Å². The van der Waals surface area contributed by atoms with Gasteiger partial charge in [-0.15, -0.1) is 0 Å². The maximum Gasteiger partial charge on any atom is 0.259 e. The van der Waals surface area contributed by atoms with Crippen LogP contribution in [0.1, 0.15) is 21.6 Å². The summed E-state index contributed by atoms with van der Waals surface area (Å²) in [5.41, 5.74) is 2.67. The average molecular weight is 393 g/mol. The van der Waals surface area contributed by atoms with Gasteiger partial charge in [0, 0.05) is 38.6 Å². The second-order valence-corrected chi connectivity index (χ2v) is 7.05. The molecule has 2 amide bonds. The summed E-state index contributed by atoms with van der Waals surface area (Å²) >= 11 is 0. The van der Waals surface area contributed by atoms with Crippen LogP contribution in [0.15, 0.2) is 42.7 Å². The minimum atomic E-state index is -0.0869. The smallest absolute Gasteiger partial charge is 0.259 e. The van der Waals surface area contributed by atoms with Gasteiger partial charge in [-0.1, -0.05) is 12.1 Å². The minimum Gasteiger partial charge on any atom is -0.497 e. The van der Waals surface area contributed by atoms with E-state index in [9.17, 15) is 9.59 Å². The van der Waals surface area contributed by atoms with Crippen molar-refractivity contribution >= 4 is 17.5 Å². The van der Waals surface area contributed by atoms with Crippen LogP contribution in [0, 0.1) is 6.92 Å². The zero-order valence-corrected chi connectivity index (χ0v) is 16.5. The van der Waals surface area contributed by atoms with Crippen LogP contribution in [-0.2, 0) is 11.2 Å². The second kappa shape index (κ2) is 7.90. The van der Waals surface area contributed by atoms with Crippen LogP contribution < -0.4 is 4.74 Å². The quantitative estimate of drug-likeness (QED) is 0.672. The number of amides is 2. The molecule has 0 aliphatic carbocycles. The summed E-state index contributed by atoms with van der Waals surface area (Å²) in [5.74, 6) is 0.707. The molecule has 2 aromatic heterocycles. The number of nitrogens with zero attached hydrogens (tertiary/aromatic N) is 5. The standard InChI is InChI=1S/C21H23N5O3/c1-15-19(20-22-7-4-8-26(20)23-15)21(28)25-11-9-24(10-12-25)18(27)14-16-5-3-6-17(13-16)29-2/h3-8,13H,9-12,14H2,1-2H3. The molecule has 8 heteroatoms. The van der Waals surface area contributed by atoms with E-state index >= 15 is 0 Å². The van der Waals surface area contributed by atoms with Crippen LogP contribution in [0.25, 0.3) is 5.65 Å². The molecule has 1 saturated heterocycles. The summed E-state index contributed by atoms with van der Waals surface area (Å²) in [6, 6.07) is 9.31. The molecule has 0 unspecified atom stereocenters. The fourth-order valence-electron chi connectivity index (χ4n) is 3.63. The van der Waals surface area contributed by atoms with E-state index in [0.29, 0.717) is 49.5 Å². The maximum absolute atomic E-state index is 13.0. The van der Waals surface area contributed by atoms with Gasteiger partial charge in [0.25, 0.3) is 5.91 Å². The van der Waals surface area contributed by atoms with Crippen molar-refractivity contribution in [3.05, 3.63) is 59.5 Å². The van der Waals surface area contributed by atoms with Gasteiger partial charge in [-0.3, -0.25) is 9.59 Å². The molecule has 8 nitrogen and oxygen atoms in total. The van der Waals surface area contributed by atoms with E-state index in [2.05, 4.69) is 10.1 Å². The van der Waals surface area contributed by atoms with Gasteiger partial charge >= 0.3 is 0 Å². The van der Waals surface area contributed by atoms with Crippen LogP contribution in [0.3, 0.4) is 0 Å². The third-order valence-corrected chi connectivity index (χ3v) is 5.19. The van der Waals surface area contributed by atoms with Gasteiger partial charge in [0.05, 0.1) is 19.2 Å². The monoisotopic (exact) mass is 393 g/mol. The first-order valence-corrected chi connectivity index (χ1v) is 9.57. The molecule has 0 atom stereocenters. The van der Waals surface area contributed by atoms with Crippen molar-refractivity contribution in [3.8, 4) is 5.75 Å². The van der Waals surface area contributed by atoms with Crippen LogP contribution in [0.5, 0.6) is 5.75 Å². The van der Waals surface area contributed by atoms with Crippen molar-refractivity contribution in [1.82, 2.24) is 24.4 Å². The summed E-state index contributed by atoms with van der Waals surface area (Å²) in [7, 11) is 1.61. The summed E-state index contributed by atoms with van der Waals surface area (Å²) in [6.07, 6.45) is 3.76. The van der Waals surface area contributed by atoms with Crippen molar-refractivity contribution in [1.29, 1.82) is 0 Å². The highest BCUT2D eigenvalue weighted by Gasteiger charge is 2.28. The number of rotatable bonds is 4. The lowest BCUT2D eigenvalue weighted by Crippen LogP contribution is -2.51. The Morgan fingerprint density at radius 3 is 2.62 bits per heavy atom. The Labute approximate surface area is 168 Å². The molecule has 1 aromatic carbocycles. The number of fused-ring (bicyclic) bond motifs is 1. The molecular weight excluding hydrogens is 370 g/mol. The first kappa shape index (κ1) is 18.9. The lowest BCUT2D eigenvalue weighted by molar-refractivity contribution is -0.131. The Kier molecular flexibility index (Phi) is 5.16. The molecule has 1 aliphatic heterocycles. The first-order chi connectivity index (χ1) is 14.1. The van der Waals surface area contributed by atoms with Crippen molar-refractivity contribution in [2.45, 2.75) is 13.3 Å². The SMILES string of the molecule is COc1cccc(CC(=O)N2CCN(C(=O)c3c(C)nn4cccnc34)CC2)c1. The highest BCUT2D eigenvalue weighted by molar-refractivity contribution is 6.01. The van der Waals surface area contributed by atoms with Gasteiger partial charge < -0.3 is 14.5 Å². The molecule has 0 saturated carbocycles. The Hall–Kier alpha value is -3.42. The average Bonchev–Trinajstić information content (AvgIpc) is 3.09. The fraction of sp³-hybridized carbons (Fsp3) is 0.333. The number of methoxy groups -OCH3 is 1. The van der Waals surface area contributed by atoms with Gasteiger partial charge in [0.1, 0.15) is 11.3 Å². The third kappa shape index (κ3) is 3.78. The number of carbonyl (C=O) groups is 2. The van der Waals surface area contributed by atoms with E-state index in [1.807, 2.05) is 36.1 Å². The predicted molar refractivity (Wildman–Crippen MR) is 107 cm³/mol. The molecular formula is C21H23N5O3. The van der Waals surface area contributed by atoms with E-state index in [1.54, 1.807) is 35.0 Å². The zero-order chi connectivity index (χ0) is 20.4. The lowest BCUT2D eigenvalue weighted by Gasteiger charge is -2.34. The molecule has 1 fully saturated rings. The predicted octanol–water partition coefficient (Wildman–Crippen LogP) is 1.57. The number of carbonyl (C=O) groups excluding carboxylic acids is 2. The number of hydrogen-bond acceptors (Lipinski definition) is 5. The number of benzene rings is 1. The van der Waals surface area contributed by atoms with Gasteiger partial charge in [-0.2, -0.15) is 5.10 Å². The Morgan fingerprint density at radius 1 is 1.10 bits per heavy atom. The lowest BCUT2D eigenvalue weighted by atomic mass is 10.1. The van der Waals surface area contributed by atoms with Crippen LogP contribution in [0.4, 0.5) is 0 Å². The molecule has 3 aromatic rings. The topological polar surface area (TPSA) is 80.0 Å². The van der Waals surface area contributed by atoms with E-state index in [0.717, 1.165) is 11.3 Å². The second-order valence-electron chi connectivity index (χ2n) is 7.05. The van der Waals surface area contributed by atoms with Crippen molar-refractivity contribution < 1.29 is 14.3 Å².